The molecule has 0 saturated carbocycles. The molecule has 0 atom stereocenters. The fourth-order valence-electron chi connectivity index (χ4n) is 1.29. The van der Waals surface area contributed by atoms with Crippen LogP contribution in [-0.2, 0) is 6.61 Å². The lowest BCUT2D eigenvalue weighted by Gasteiger charge is -2.07. The SMILES string of the molecule is Fc1ccc(Cl)cc1COc1cccnc1F. The lowest BCUT2D eigenvalue weighted by Crippen LogP contribution is -2.00. The van der Waals surface area contributed by atoms with E-state index in [4.69, 9.17) is 16.3 Å². The summed E-state index contributed by atoms with van der Waals surface area (Å²) in [5.41, 5.74) is 0.265. The summed E-state index contributed by atoms with van der Waals surface area (Å²) in [4.78, 5) is 3.42. The summed E-state index contributed by atoms with van der Waals surface area (Å²) in [6.07, 6.45) is 1.31. The fourth-order valence-corrected chi connectivity index (χ4v) is 1.48. The summed E-state index contributed by atoms with van der Waals surface area (Å²) in [7, 11) is 0. The summed E-state index contributed by atoms with van der Waals surface area (Å²) in [6, 6.07) is 7.06. The van der Waals surface area contributed by atoms with Crippen molar-refractivity contribution in [1.29, 1.82) is 0 Å². The Kier molecular flexibility index (Phi) is 3.54. The van der Waals surface area contributed by atoms with Crippen molar-refractivity contribution in [3.8, 4) is 5.75 Å². The highest BCUT2D eigenvalue weighted by Gasteiger charge is 2.07. The van der Waals surface area contributed by atoms with E-state index >= 15 is 0 Å². The van der Waals surface area contributed by atoms with Crippen molar-refractivity contribution >= 4 is 11.6 Å². The average molecular weight is 256 g/mol. The van der Waals surface area contributed by atoms with E-state index in [1.807, 2.05) is 0 Å². The number of hydrogen-bond donors (Lipinski definition) is 0. The van der Waals surface area contributed by atoms with Crippen LogP contribution in [0.3, 0.4) is 0 Å². The quantitative estimate of drug-likeness (QED) is 0.782. The molecule has 0 unspecified atom stereocenters. The van der Waals surface area contributed by atoms with Gasteiger partial charge in [-0.15, -0.1) is 0 Å². The predicted molar refractivity (Wildman–Crippen MR) is 59.9 cm³/mol. The van der Waals surface area contributed by atoms with Gasteiger partial charge in [-0.05, 0) is 30.3 Å². The van der Waals surface area contributed by atoms with Crippen LogP contribution in [0.2, 0.25) is 5.02 Å². The molecule has 0 saturated heterocycles. The van der Waals surface area contributed by atoms with Crippen molar-refractivity contribution in [1.82, 2.24) is 4.98 Å². The molecule has 88 valence electrons. The van der Waals surface area contributed by atoms with Crippen molar-refractivity contribution < 1.29 is 13.5 Å². The second-order valence-electron chi connectivity index (χ2n) is 3.32. The Balaban J connectivity index is 2.12. The second kappa shape index (κ2) is 5.10. The molecular formula is C12H8ClF2NO. The van der Waals surface area contributed by atoms with Gasteiger partial charge in [0, 0.05) is 16.8 Å². The van der Waals surface area contributed by atoms with Crippen LogP contribution in [0.1, 0.15) is 5.56 Å². The smallest absolute Gasteiger partial charge is 0.255 e. The first kappa shape index (κ1) is 11.8. The van der Waals surface area contributed by atoms with Crippen molar-refractivity contribution in [2.45, 2.75) is 6.61 Å². The van der Waals surface area contributed by atoms with E-state index in [1.54, 1.807) is 0 Å². The molecule has 1 aromatic carbocycles. The third-order valence-electron chi connectivity index (χ3n) is 2.12. The Morgan fingerprint density at radius 3 is 2.82 bits per heavy atom. The maximum atomic E-state index is 13.3. The van der Waals surface area contributed by atoms with Crippen LogP contribution in [0.25, 0.3) is 0 Å². The third-order valence-corrected chi connectivity index (χ3v) is 2.35. The maximum absolute atomic E-state index is 13.3. The van der Waals surface area contributed by atoms with E-state index < -0.39 is 11.8 Å². The van der Waals surface area contributed by atoms with Crippen molar-refractivity contribution in [2.75, 3.05) is 0 Å². The number of nitrogens with zero attached hydrogens (tertiary/aromatic N) is 1. The average Bonchev–Trinajstić information content (AvgIpc) is 2.32. The molecule has 0 aliphatic rings. The molecule has 5 heteroatoms. The Morgan fingerprint density at radius 2 is 2.06 bits per heavy atom. The van der Waals surface area contributed by atoms with Crippen molar-refractivity contribution in [3.63, 3.8) is 0 Å². The molecule has 0 bridgehead atoms. The first-order valence-electron chi connectivity index (χ1n) is 4.84. The fraction of sp³-hybridized carbons (Fsp3) is 0.0833. The van der Waals surface area contributed by atoms with Gasteiger partial charge < -0.3 is 4.74 Å². The van der Waals surface area contributed by atoms with Crippen LogP contribution in [0, 0.1) is 11.8 Å². The van der Waals surface area contributed by atoms with Crippen LogP contribution in [0.5, 0.6) is 5.75 Å². The molecule has 0 fully saturated rings. The lowest BCUT2D eigenvalue weighted by atomic mass is 10.2. The minimum Gasteiger partial charge on any atom is -0.484 e. The van der Waals surface area contributed by atoms with Crippen LogP contribution < -0.4 is 4.74 Å². The van der Waals surface area contributed by atoms with E-state index in [0.717, 1.165) is 0 Å². The Hall–Kier alpha value is -1.68. The van der Waals surface area contributed by atoms with E-state index in [9.17, 15) is 8.78 Å². The molecule has 2 aromatic rings. The molecule has 0 aliphatic carbocycles. The Labute approximate surface area is 102 Å². The van der Waals surface area contributed by atoms with E-state index in [2.05, 4.69) is 4.98 Å². The zero-order valence-electron chi connectivity index (χ0n) is 8.66. The van der Waals surface area contributed by atoms with Gasteiger partial charge in [-0.1, -0.05) is 11.6 Å². The molecule has 0 spiro atoms. The number of ether oxygens (including phenoxy) is 1. The Morgan fingerprint density at radius 1 is 1.24 bits per heavy atom. The Bertz CT molecular complexity index is 534. The minimum absolute atomic E-state index is 0.0214. The summed E-state index contributed by atoms with van der Waals surface area (Å²) in [6.45, 7) is -0.102. The van der Waals surface area contributed by atoms with Crippen molar-refractivity contribution in [3.05, 3.63) is 58.9 Å². The minimum atomic E-state index is -0.727. The number of aromatic nitrogens is 1. The van der Waals surface area contributed by atoms with Gasteiger partial charge in [-0.25, -0.2) is 9.37 Å². The summed E-state index contributed by atoms with van der Waals surface area (Å²) in [5.74, 6) is -1.19. The number of benzene rings is 1. The maximum Gasteiger partial charge on any atom is 0.255 e. The van der Waals surface area contributed by atoms with Gasteiger partial charge in [0.1, 0.15) is 12.4 Å². The van der Waals surface area contributed by atoms with Crippen LogP contribution in [-0.4, -0.2) is 4.98 Å². The lowest BCUT2D eigenvalue weighted by molar-refractivity contribution is 0.280. The third kappa shape index (κ3) is 2.91. The first-order valence-corrected chi connectivity index (χ1v) is 5.22. The number of halogens is 3. The molecule has 2 nitrogen and oxygen atoms in total. The van der Waals surface area contributed by atoms with Crippen LogP contribution in [0.15, 0.2) is 36.5 Å². The van der Waals surface area contributed by atoms with E-state index in [-0.39, 0.29) is 17.9 Å². The van der Waals surface area contributed by atoms with Crippen LogP contribution in [0.4, 0.5) is 8.78 Å². The zero-order chi connectivity index (χ0) is 12.3. The molecule has 0 N–H and O–H groups in total. The number of rotatable bonds is 3. The first-order chi connectivity index (χ1) is 8.16. The topological polar surface area (TPSA) is 22.1 Å². The van der Waals surface area contributed by atoms with E-state index in [0.29, 0.717) is 5.02 Å². The van der Waals surface area contributed by atoms with Gasteiger partial charge in [-0.2, -0.15) is 4.39 Å². The van der Waals surface area contributed by atoms with E-state index in [1.165, 1.54) is 36.5 Å². The second-order valence-corrected chi connectivity index (χ2v) is 3.75. The number of pyridine rings is 1. The highest BCUT2D eigenvalue weighted by molar-refractivity contribution is 6.30. The molecular weight excluding hydrogens is 248 g/mol. The molecule has 2 rings (SSSR count). The molecule has 0 aliphatic heterocycles. The molecule has 1 heterocycles. The molecule has 1 aromatic heterocycles. The van der Waals surface area contributed by atoms with Crippen molar-refractivity contribution in [2.24, 2.45) is 0 Å². The van der Waals surface area contributed by atoms with Gasteiger partial charge in [0.25, 0.3) is 5.95 Å². The van der Waals surface area contributed by atoms with Crippen LogP contribution >= 0.6 is 11.6 Å². The highest BCUT2D eigenvalue weighted by Crippen LogP contribution is 2.19. The van der Waals surface area contributed by atoms with Gasteiger partial charge in [0.2, 0.25) is 0 Å². The predicted octanol–water partition coefficient (Wildman–Crippen LogP) is 3.59. The normalized spacial score (nSPS) is 10.3. The largest absolute Gasteiger partial charge is 0.484 e. The summed E-state index contributed by atoms with van der Waals surface area (Å²) in [5, 5.41) is 0.400. The zero-order valence-corrected chi connectivity index (χ0v) is 9.42. The molecule has 17 heavy (non-hydrogen) atoms. The highest BCUT2D eigenvalue weighted by atomic mass is 35.5. The van der Waals surface area contributed by atoms with Gasteiger partial charge in [0.05, 0.1) is 0 Å². The molecule has 0 radical (unpaired) electrons. The van der Waals surface area contributed by atoms with Gasteiger partial charge >= 0.3 is 0 Å². The van der Waals surface area contributed by atoms with Gasteiger partial charge in [-0.3, -0.25) is 0 Å². The van der Waals surface area contributed by atoms with Gasteiger partial charge in [0.15, 0.2) is 5.75 Å². The monoisotopic (exact) mass is 255 g/mol. The number of hydrogen-bond acceptors (Lipinski definition) is 2. The summed E-state index contributed by atoms with van der Waals surface area (Å²) < 4.78 is 31.6. The molecule has 0 amide bonds. The standard InChI is InChI=1S/C12H8ClF2NO/c13-9-3-4-10(14)8(6-9)7-17-11-2-1-5-16-12(11)15/h1-6H,7H2. The summed E-state index contributed by atoms with van der Waals surface area (Å²) >= 11 is 5.72.